The van der Waals surface area contributed by atoms with Gasteiger partial charge in [0.25, 0.3) is 0 Å². The number of benzene rings is 1. The maximum absolute atomic E-state index is 13.1. The van der Waals surface area contributed by atoms with Crippen molar-refractivity contribution in [2.45, 2.75) is 51.3 Å². The molecule has 25 heavy (non-hydrogen) atoms. The van der Waals surface area contributed by atoms with Crippen LogP contribution in [0, 0.1) is 26.7 Å². The van der Waals surface area contributed by atoms with Gasteiger partial charge in [-0.2, -0.15) is 4.31 Å². The summed E-state index contributed by atoms with van der Waals surface area (Å²) in [4.78, 5) is 14.9. The van der Waals surface area contributed by atoms with Crippen molar-refractivity contribution in [2.75, 3.05) is 26.2 Å². The van der Waals surface area contributed by atoms with Gasteiger partial charge in [0.05, 0.1) is 4.90 Å². The second-order valence-electron chi connectivity index (χ2n) is 7.44. The highest BCUT2D eigenvalue weighted by Gasteiger charge is 2.35. The van der Waals surface area contributed by atoms with E-state index in [2.05, 4.69) is 0 Å². The van der Waals surface area contributed by atoms with E-state index in [9.17, 15) is 13.2 Å². The second kappa shape index (κ2) is 7.08. The Bertz CT molecular complexity index is 736. The van der Waals surface area contributed by atoms with Gasteiger partial charge in [-0.25, -0.2) is 8.42 Å². The Hall–Kier alpha value is -1.40. The summed E-state index contributed by atoms with van der Waals surface area (Å²) in [7, 11) is -3.50. The van der Waals surface area contributed by atoms with Crippen molar-refractivity contribution < 1.29 is 13.2 Å². The van der Waals surface area contributed by atoms with Crippen LogP contribution in [0.25, 0.3) is 0 Å². The number of carbonyl (C=O) groups excluding carboxylic acids is 1. The summed E-state index contributed by atoms with van der Waals surface area (Å²) < 4.78 is 27.8. The Morgan fingerprint density at radius 3 is 2.00 bits per heavy atom. The normalized spacial score (nSPS) is 20.2. The zero-order valence-electron chi connectivity index (χ0n) is 15.4. The smallest absolute Gasteiger partial charge is 0.243 e. The summed E-state index contributed by atoms with van der Waals surface area (Å²) in [6, 6.07) is 3.84. The zero-order chi connectivity index (χ0) is 18.2. The fraction of sp³-hybridized carbons (Fsp3) is 0.632. The molecule has 0 unspecified atom stereocenters. The van der Waals surface area contributed by atoms with Crippen molar-refractivity contribution in [2.24, 2.45) is 5.92 Å². The molecule has 0 aliphatic carbocycles. The van der Waals surface area contributed by atoms with Crippen LogP contribution in [0.1, 0.15) is 42.4 Å². The molecule has 2 aliphatic heterocycles. The quantitative estimate of drug-likeness (QED) is 0.828. The summed E-state index contributed by atoms with van der Waals surface area (Å²) in [6.45, 7) is 8.27. The minimum atomic E-state index is -3.50. The van der Waals surface area contributed by atoms with Gasteiger partial charge in [-0.1, -0.05) is 17.7 Å². The highest BCUT2D eigenvalue weighted by atomic mass is 32.2. The molecule has 6 heteroatoms. The Labute approximate surface area is 151 Å². The second-order valence-corrected chi connectivity index (χ2v) is 9.31. The highest BCUT2D eigenvalue weighted by molar-refractivity contribution is 7.89. The van der Waals surface area contributed by atoms with Crippen LogP contribution in [0.2, 0.25) is 0 Å². The monoisotopic (exact) mass is 364 g/mol. The molecule has 138 valence electrons. The molecule has 0 N–H and O–H groups in total. The number of rotatable bonds is 3. The lowest BCUT2D eigenvalue weighted by atomic mass is 9.97. The van der Waals surface area contributed by atoms with Gasteiger partial charge in [0, 0.05) is 32.1 Å². The largest absolute Gasteiger partial charge is 0.342 e. The SMILES string of the molecule is Cc1cc(C)c(S(=O)(=O)N2CCC(C(=O)N3CCCC3)CC2)c(C)c1. The summed E-state index contributed by atoms with van der Waals surface area (Å²) in [5.41, 5.74) is 2.67. The molecule has 3 rings (SSSR count). The van der Waals surface area contributed by atoms with E-state index >= 15 is 0 Å². The average Bonchev–Trinajstić information content (AvgIpc) is 3.07. The third-order valence-electron chi connectivity index (χ3n) is 5.42. The van der Waals surface area contributed by atoms with Gasteiger partial charge in [-0.15, -0.1) is 0 Å². The van der Waals surface area contributed by atoms with Crippen molar-refractivity contribution in [1.29, 1.82) is 0 Å². The Kier molecular flexibility index (Phi) is 5.21. The van der Waals surface area contributed by atoms with Crippen molar-refractivity contribution in [3.05, 3.63) is 28.8 Å². The van der Waals surface area contributed by atoms with Crippen LogP contribution in [-0.4, -0.2) is 49.7 Å². The number of piperidine rings is 1. The van der Waals surface area contributed by atoms with Gasteiger partial charge in [-0.3, -0.25) is 4.79 Å². The molecule has 0 aromatic heterocycles. The van der Waals surface area contributed by atoms with Gasteiger partial charge in [0.2, 0.25) is 15.9 Å². The number of carbonyl (C=O) groups is 1. The molecule has 2 saturated heterocycles. The molecule has 1 amide bonds. The van der Waals surface area contributed by atoms with Crippen molar-refractivity contribution in [1.82, 2.24) is 9.21 Å². The van der Waals surface area contributed by atoms with E-state index in [-0.39, 0.29) is 11.8 Å². The number of likely N-dealkylation sites (tertiary alicyclic amines) is 1. The predicted octanol–water partition coefficient (Wildman–Crippen LogP) is 2.63. The molecule has 1 aromatic rings. The first-order valence-corrected chi connectivity index (χ1v) is 10.6. The van der Waals surface area contributed by atoms with Crippen LogP contribution in [-0.2, 0) is 14.8 Å². The number of hydrogen-bond acceptors (Lipinski definition) is 3. The van der Waals surface area contributed by atoms with Crippen molar-refractivity contribution in [3.63, 3.8) is 0 Å². The van der Waals surface area contributed by atoms with Gasteiger partial charge in [0.1, 0.15) is 0 Å². The molecule has 0 radical (unpaired) electrons. The number of nitrogens with zero attached hydrogens (tertiary/aromatic N) is 2. The zero-order valence-corrected chi connectivity index (χ0v) is 16.2. The van der Waals surface area contributed by atoms with E-state index in [1.807, 2.05) is 37.8 Å². The van der Waals surface area contributed by atoms with Crippen molar-refractivity contribution in [3.8, 4) is 0 Å². The standard InChI is InChI=1S/C19H28N2O3S/c1-14-12-15(2)18(16(3)13-14)25(23,24)21-10-6-17(7-11-21)19(22)20-8-4-5-9-20/h12-13,17H,4-11H2,1-3H3. The molecule has 1 aromatic carbocycles. The first kappa shape index (κ1) is 18.4. The molecular weight excluding hydrogens is 336 g/mol. The first-order valence-electron chi connectivity index (χ1n) is 9.17. The van der Waals surface area contributed by atoms with Crippen LogP contribution in [0.3, 0.4) is 0 Å². The fourth-order valence-electron chi connectivity index (χ4n) is 4.24. The Morgan fingerprint density at radius 1 is 0.960 bits per heavy atom. The topological polar surface area (TPSA) is 57.7 Å². The van der Waals surface area contributed by atoms with Crippen LogP contribution < -0.4 is 0 Å². The molecule has 2 aliphatic rings. The van der Waals surface area contributed by atoms with E-state index < -0.39 is 10.0 Å². The van der Waals surface area contributed by atoms with E-state index in [0.717, 1.165) is 42.6 Å². The fourth-order valence-corrected chi connectivity index (χ4v) is 6.12. The molecular formula is C19H28N2O3S. The van der Waals surface area contributed by atoms with Gasteiger partial charge >= 0.3 is 0 Å². The van der Waals surface area contributed by atoms with E-state index in [0.29, 0.717) is 30.8 Å². The third-order valence-corrected chi connectivity index (χ3v) is 7.63. The Balaban J connectivity index is 1.73. The van der Waals surface area contributed by atoms with Crippen LogP contribution in [0.15, 0.2) is 17.0 Å². The van der Waals surface area contributed by atoms with Gasteiger partial charge in [-0.05, 0) is 57.6 Å². The summed E-state index contributed by atoms with van der Waals surface area (Å²) in [5, 5.41) is 0. The lowest BCUT2D eigenvalue weighted by Gasteiger charge is -2.33. The molecule has 2 fully saturated rings. The van der Waals surface area contributed by atoms with E-state index in [1.54, 1.807) is 4.31 Å². The molecule has 0 bridgehead atoms. The molecule has 2 heterocycles. The molecule has 0 atom stereocenters. The number of sulfonamides is 1. The Morgan fingerprint density at radius 2 is 1.48 bits per heavy atom. The van der Waals surface area contributed by atoms with E-state index in [1.165, 1.54) is 0 Å². The summed E-state index contributed by atoms with van der Waals surface area (Å²) in [6.07, 6.45) is 3.42. The molecule has 0 saturated carbocycles. The van der Waals surface area contributed by atoms with Crippen LogP contribution in [0.5, 0.6) is 0 Å². The number of hydrogen-bond donors (Lipinski definition) is 0. The summed E-state index contributed by atoms with van der Waals surface area (Å²) in [5.74, 6) is 0.196. The lowest BCUT2D eigenvalue weighted by molar-refractivity contribution is -0.135. The lowest BCUT2D eigenvalue weighted by Crippen LogP contribution is -2.44. The third kappa shape index (κ3) is 3.60. The van der Waals surface area contributed by atoms with Crippen LogP contribution in [0.4, 0.5) is 0 Å². The van der Waals surface area contributed by atoms with Crippen molar-refractivity contribution >= 4 is 15.9 Å². The number of amides is 1. The number of aryl methyl sites for hydroxylation is 3. The maximum atomic E-state index is 13.1. The predicted molar refractivity (Wildman–Crippen MR) is 97.9 cm³/mol. The summed E-state index contributed by atoms with van der Waals surface area (Å²) >= 11 is 0. The minimum Gasteiger partial charge on any atom is -0.342 e. The first-order chi connectivity index (χ1) is 11.8. The highest BCUT2D eigenvalue weighted by Crippen LogP contribution is 2.29. The van der Waals surface area contributed by atoms with Crippen LogP contribution >= 0.6 is 0 Å². The average molecular weight is 365 g/mol. The van der Waals surface area contributed by atoms with Gasteiger partial charge < -0.3 is 4.90 Å². The maximum Gasteiger partial charge on any atom is 0.243 e. The van der Waals surface area contributed by atoms with Gasteiger partial charge in [0.15, 0.2) is 0 Å². The molecule has 5 nitrogen and oxygen atoms in total. The van der Waals surface area contributed by atoms with E-state index in [4.69, 9.17) is 0 Å². The minimum absolute atomic E-state index is 0.0234. The molecule has 0 spiro atoms.